The smallest absolute Gasteiger partial charge is 0.123 e. The Hall–Kier alpha value is -1.76. The molecular formula is C16H22FN3O2. The summed E-state index contributed by atoms with van der Waals surface area (Å²) >= 11 is 0. The number of ether oxygens (including phenoxy) is 1. The third-order valence-corrected chi connectivity index (χ3v) is 3.43. The van der Waals surface area contributed by atoms with Crippen LogP contribution < -0.4 is 5.32 Å². The van der Waals surface area contributed by atoms with Gasteiger partial charge in [-0.2, -0.15) is 5.10 Å². The topological polar surface area (TPSA) is 59.3 Å². The normalized spacial score (nSPS) is 14.0. The van der Waals surface area contributed by atoms with Gasteiger partial charge in [0.25, 0.3) is 0 Å². The van der Waals surface area contributed by atoms with Crippen LogP contribution in [0.25, 0.3) is 0 Å². The summed E-state index contributed by atoms with van der Waals surface area (Å²) in [4.78, 5) is 0. The van der Waals surface area contributed by atoms with Gasteiger partial charge in [-0.25, -0.2) is 4.39 Å². The molecule has 2 rings (SSSR count). The Morgan fingerprint density at radius 2 is 2.23 bits per heavy atom. The van der Waals surface area contributed by atoms with Crippen LogP contribution in [0.3, 0.4) is 0 Å². The number of aryl methyl sites for hydroxylation is 1. The summed E-state index contributed by atoms with van der Waals surface area (Å²) in [6, 6.07) is 6.33. The lowest BCUT2D eigenvalue weighted by molar-refractivity contribution is 0.0591. The van der Waals surface area contributed by atoms with Gasteiger partial charge >= 0.3 is 0 Å². The first-order chi connectivity index (χ1) is 10.6. The SMILES string of the molecule is COCC(O)CCNC(c1cccc(F)c1)c1cnn(C)c1. The molecule has 0 aliphatic heterocycles. The van der Waals surface area contributed by atoms with Crippen LogP contribution in [0.2, 0.25) is 0 Å². The number of hydrogen-bond donors (Lipinski definition) is 2. The standard InChI is InChI=1S/C16H22FN3O2/c1-20-10-13(9-19-20)16(12-4-3-5-14(17)8-12)18-7-6-15(21)11-22-2/h3-5,8-10,15-16,18,21H,6-7,11H2,1-2H3. The molecular weight excluding hydrogens is 285 g/mol. The maximum atomic E-state index is 13.5. The summed E-state index contributed by atoms with van der Waals surface area (Å²) in [6.45, 7) is 0.889. The van der Waals surface area contributed by atoms with E-state index in [4.69, 9.17) is 4.74 Å². The number of nitrogens with zero attached hydrogens (tertiary/aromatic N) is 2. The Morgan fingerprint density at radius 1 is 1.41 bits per heavy atom. The van der Waals surface area contributed by atoms with Crippen LogP contribution in [-0.4, -0.2) is 41.3 Å². The number of aromatic nitrogens is 2. The van der Waals surface area contributed by atoms with E-state index in [0.29, 0.717) is 19.6 Å². The Balaban J connectivity index is 2.09. The molecule has 0 saturated heterocycles. The fraction of sp³-hybridized carbons (Fsp3) is 0.438. The molecule has 0 spiro atoms. The maximum Gasteiger partial charge on any atom is 0.123 e. The van der Waals surface area contributed by atoms with Crippen molar-refractivity contribution >= 4 is 0 Å². The molecule has 1 heterocycles. The number of hydrogen-bond acceptors (Lipinski definition) is 4. The predicted molar refractivity (Wildman–Crippen MR) is 82.0 cm³/mol. The number of aliphatic hydroxyl groups is 1. The van der Waals surface area contributed by atoms with E-state index in [2.05, 4.69) is 10.4 Å². The minimum Gasteiger partial charge on any atom is -0.391 e. The Morgan fingerprint density at radius 3 is 2.86 bits per heavy atom. The van der Waals surface area contributed by atoms with Crippen LogP contribution in [0.5, 0.6) is 0 Å². The molecule has 6 heteroatoms. The van der Waals surface area contributed by atoms with E-state index in [1.165, 1.54) is 12.1 Å². The van der Waals surface area contributed by atoms with Crippen LogP contribution in [0.15, 0.2) is 36.7 Å². The zero-order valence-corrected chi connectivity index (χ0v) is 12.9. The van der Waals surface area contributed by atoms with Gasteiger partial charge in [-0.05, 0) is 30.7 Å². The molecule has 2 N–H and O–H groups in total. The molecule has 0 aliphatic carbocycles. The van der Waals surface area contributed by atoms with Crippen molar-refractivity contribution in [1.29, 1.82) is 0 Å². The van der Waals surface area contributed by atoms with Gasteiger partial charge < -0.3 is 15.2 Å². The predicted octanol–water partition coefficient (Wildman–Crippen LogP) is 1.64. The molecule has 2 unspecified atom stereocenters. The molecule has 0 amide bonds. The average Bonchev–Trinajstić information content (AvgIpc) is 2.90. The summed E-state index contributed by atoms with van der Waals surface area (Å²) in [7, 11) is 3.40. The number of rotatable bonds is 8. The molecule has 0 radical (unpaired) electrons. The Labute approximate surface area is 129 Å². The van der Waals surface area contributed by atoms with E-state index in [1.54, 1.807) is 24.1 Å². The van der Waals surface area contributed by atoms with E-state index in [1.807, 2.05) is 19.3 Å². The second kappa shape index (κ2) is 8.03. The van der Waals surface area contributed by atoms with E-state index >= 15 is 0 Å². The molecule has 1 aromatic carbocycles. The molecule has 2 atom stereocenters. The first-order valence-corrected chi connectivity index (χ1v) is 7.24. The molecule has 22 heavy (non-hydrogen) atoms. The first kappa shape index (κ1) is 16.6. The third kappa shape index (κ3) is 4.62. The van der Waals surface area contributed by atoms with Gasteiger partial charge in [0.1, 0.15) is 5.82 Å². The number of aliphatic hydroxyl groups excluding tert-OH is 1. The van der Waals surface area contributed by atoms with E-state index in [9.17, 15) is 9.50 Å². The lowest BCUT2D eigenvalue weighted by Crippen LogP contribution is -2.27. The molecule has 0 saturated carbocycles. The largest absolute Gasteiger partial charge is 0.391 e. The van der Waals surface area contributed by atoms with Gasteiger partial charge in [0, 0.05) is 25.9 Å². The second-order valence-corrected chi connectivity index (χ2v) is 5.29. The van der Waals surface area contributed by atoms with Crippen LogP contribution in [-0.2, 0) is 11.8 Å². The van der Waals surface area contributed by atoms with Crippen molar-refractivity contribution in [3.8, 4) is 0 Å². The molecule has 0 fully saturated rings. The van der Waals surface area contributed by atoms with Crippen molar-refractivity contribution < 1.29 is 14.2 Å². The van der Waals surface area contributed by atoms with Gasteiger partial charge in [-0.15, -0.1) is 0 Å². The van der Waals surface area contributed by atoms with Gasteiger partial charge in [0.2, 0.25) is 0 Å². The molecule has 0 bridgehead atoms. The van der Waals surface area contributed by atoms with Gasteiger partial charge in [-0.3, -0.25) is 4.68 Å². The summed E-state index contributed by atoms with van der Waals surface area (Å²) in [5, 5.41) is 17.2. The number of nitrogens with one attached hydrogen (secondary N) is 1. The van der Waals surface area contributed by atoms with Crippen LogP contribution in [0.4, 0.5) is 4.39 Å². The van der Waals surface area contributed by atoms with E-state index in [0.717, 1.165) is 11.1 Å². The Bertz CT molecular complexity index is 588. The van der Waals surface area contributed by atoms with Crippen molar-refractivity contribution in [3.63, 3.8) is 0 Å². The molecule has 1 aromatic heterocycles. The number of benzene rings is 1. The molecule has 0 aliphatic rings. The third-order valence-electron chi connectivity index (χ3n) is 3.43. The molecule has 120 valence electrons. The minimum absolute atomic E-state index is 0.167. The van der Waals surface area contributed by atoms with Gasteiger partial charge in [0.15, 0.2) is 0 Å². The number of halogens is 1. The fourth-order valence-corrected chi connectivity index (χ4v) is 2.37. The van der Waals surface area contributed by atoms with Crippen molar-refractivity contribution in [3.05, 3.63) is 53.6 Å². The highest BCUT2D eigenvalue weighted by atomic mass is 19.1. The Kier molecular flexibility index (Phi) is 6.06. The highest BCUT2D eigenvalue weighted by molar-refractivity contribution is 5.29. The summed E-state index contributed by atoms with van der Waals surface area (Å²) in [6.07, 6.45) is 3.70. The van der Waals surface area contributed by atoms with Crippen LogP contribution in [0, 0.1) is 5.82 Å². The lowest BCUT2D eigenvalue weighted by atomic mass is 10.0. The lowest BCUT2D eigenvalue weighted by Gasteiger charge is -2.19. The van der Waals surface area contributed by atoms with Gasteiger partial charge in [-0.1, -0.05) is 12.1 Å². The highest BCUT2D eigenvalue weighted by Gasteiger charge is 2.16. The van der Waals surface area contributed by atoms with Gasteiger partial charge in [0.05, 0.1) is 24.9 Å². The second-order valence-electron chi connectivity index (χ2n) is 5.29. The summed E-state index contributed by atoms with van der Waals surface area (Å²) < 4.78 is 20.1. The van der Waals surface area contributed by atoms with Crippen LogP contribution >= 0.6 is 0 Å². The number of methoxy groups -OCH3 is 1. The zero-order valence-electron chi connectivity index (χ0n) is 12.9. The fourth-order valence-electron chi connectivity index (χ4n) is 2.37. The van der Waals surface area contributed by atoms with Crippen molar-refractivity contribution in [2.45, 2.75) is 18.6 Å². The van der Waals surface area contributed by atoms with Crippen LogP contribution in [0.1, 0.15) is 23.6 Å². The van der Waals surface area contributed by atoms with Crippen molar-refractivity contribution in [1.82, 2.24) is 15.1 Å². The highest BCUT2D eigenvalue weighted by Crippen LogP contribution is 2.22. The van der Waals surface area contributed by atoms with E-state index < -0.39 is 6.10 Å². The van der Waals surface area contributed by atoms with Crippen molar-refractivity contribution in [2.75, 3.05) is 20.3 Å². The van der Waals surface area contributed by atoms with E-state index in [-0.39, 0.29) is 11.9 Å². The molecule has 5 nitrogen and oxygen atoms in total. The minimum atomic E-state index is -0.514. The maximum absolute atomic E-state index is 13.5. The summed E-state index contributed by atoms with van der Waals surface area (Å²) in [5.74, 6) is -0.271. The summed E-state index contributed by atoms with van der Waals surface area (Å²) in [5.41, 5.74) is 1.78. The zero-order chi connectivity index (χ0) is 15.9. The monoisotopic (exact) mass is 307 g/mol. The van der Waals surface area contributed by atoms with Crippen molar-refractivity contribution in [2.24, 2.45) is 7.05 Å². The average molecular weight is 307 g/mol. The first-order valence-electron chi connectivity index (χ1n) is 7.24. The quantitative estimate of drug-likeness (QED) is 0.778. The molecule has 2 aromatic rings.